The maximum absolute atomic E-state index is 12.8. The lowest BCUT2D eigenvalue weighted by atomic mass is 10.2. The van der Waals surface area contributed by atoms with Crippen molar-refractivity contribution in [3.8, 4) is 22.9 Å². The normalized spacial score (nSPS) is 10.9. The molecule has 176 valence electrons. The average Bonchev–Trinajstić information content (AvgIpc) is 3.34. The predicted molar refractivity (Wildman–Crippen MR) is 125 cm³/mol. The van der Waals surface area contributed by atoms with Gasteiger partial charge >= 0.3 is 0 Å². The molecule has 10 heteroatoms. The van der Waals surface area contributed by atoms with E-state index in [0.29, 0.717) is 52.0 Å². The number of hydrogen-bond acceptors (Lipinski definition) is 8. The molecule has 0 saturated carbocycles. The molecule has 0 spiro atoms. The maximum atomic E-state index is 12.8. The van der Waals surface area contributed by atoms with Crippen LogP contribution in [0.4, 0.5) is 0 Å². The monoisotopic (exact) mass is 463 g/mol. The number of aromatic nitrogens is 4. The van der Waals surface area contributed by atoms with E-state index >= 15 is 0 Å². The van der Waals surface area contributed by atoms with E-state index in [-0.39, 0.29) is 30.9 Å². The minimum absolute atomic E-state index is 0.107. The van der Waals surface area contributed by atoms with Gasteiger partial charge in [-0.3, -0.25) is 9.59 Å². The van der Waals surface area contributed by atoms with Crippen molar-refractivity contribution < 1.29 is 18.8 Å². The first kappa shape index (κ1) is 23.0. The van der Waals surface area contributed by atoms with E-state index in [4.69, 9.17) is 14.0 Å². The highest BCUT2D eigenvalue weighted by molar-refractivity contribution is 5.78. The number of ether oxygens (including phenoxy) is 2. The number of H-pyrrole nitrogens is 1. The molecule has 0 bridgehead atoms. The number of nitrogens with one attached hydrogen (secondary N) is 1. The molecular weight excluding hydrogens is 438 g/mol. The largest absolute Gasteiger partial charge is 0.493 e. The van der Waals surface area contributed by atoms with Crippen molar-refractivity contribution in [2.24, 2.45) is 0 Å². The number of carbonyl (C=O) groups excluding carboxylic acids is 1. The third-order valence-electron chi connectivity index (χ3n) is 5.40. The van der Waals surface area contributed by atoms with Crippen molar-refractivity contribution in [3.63, 3.8) is 0 Å². The number of fused-ring (bicyclic) bond motifs is 1. The number of benzene rings is 2. The fourth-order valence-corrected chi connectivity index (χ4v) is 3.59. The van der Waals surface area contributed by atoms with Crippen LogP contribution in [0.2, 0.25) is 0 Å². The molecule has 0 saturated heterocycles. The molecule has 0 fully saturated rings. The number of hydrogen-bond donors (Lipinski definition) is 1. The fourth-order valence-electron chi connectivity index (χ4n) is 3.59. The third-order valence-corrected chi connectivity index (χ3v) is 5.40. The Hall–Kier alpha value is -4.21. The molecule has 2 heterocycles. The summed E-state index contributed by atoms with van der Waals surface area (Å²) in [6.07, 6.45) is 0.469. The molecule has 4 rings (SSSR count). The van der Waals surface area contributed by atoms with Crippen LogP contribution in [0.5, 0.6) is 11.5 Å². The summed E-state index contributed by atoms with van der Waals surface area (Å²) in [7, 11) is 3.12. The van der Waals surface area contributed by atoms with Crippen LogP contribution in [0.25, 0.3) is 22.3 Å². The van der Waals surface area contributed by atoms with Crippen molar-refractivity contribution in [1.29, 1.82) is 0 Å². The van der Waals surface area contributed by atoms with E-state index in [1.54, 1.807) is 55.5 Å². The number of para-hydroxylation sites is 1. The van der Waals surface area contributed by atoms with Crippen molar-refractivity contribution in [3.05, 3.63) is 64.5 Å². The molecule has 10 nitrogen and oxygen atoms in total. The Kier molecular flexibility index (Phi) is 6.86. The quantitative estimate of drug-likeness (QED) is 0.402. The smallest absolute Gasteiger partial charge is 0.258 e. The van der Waals surface area contributed by atoms with Crippen LogP contribution in [0.15, 0.2) is 51.8 Å². The zero-order chi connectivity index (χ0) is 24.1. The molecule has 2 aromatic carbocycles. The summed E-state index contributed by atoms with van der Waals surface area (Å²) >= 11 is 0. The zero-order valence-corrected chi connectivity index (χ0v) is 19.2. The van der Waals surface area contributed by atoms with E-state index in [2.05, 4.69) is 20.1 Å². The Morgan fingerprint density at radius 2 is 1.88 bits per heavy atom. The number of carbonyl (C=O) groups is 1. The standard InChI is InChI=1S/C24H25N5O5/c1-4-29(14-20-25-17-8-6-5-7-16(17)24(31)26-20)22(30)12-11-21-27-23(28-34-21)15-9-10-18(32-2)19(13-15)33-3/h5-10,13H,4,11-12,14H2,1-3H3,(H,25,26,31). The first-order chi connectivity index (χ1) is 16.5. The lowest BCUT2D eigenvalue weighted by Gasteiger charge is -2.20. The Labute approximate surface area is 195 Å². The minimum Gasteiger partial charge on any atom is -0.493 e. The number of nitrogens with zero attached hydrogens (tertiary/aromatic N) is 4. The Morgan fingerprint density at radius 1 is 1.09 bits per heavy atom. The molecule has 0 aliphatic carbocycles. The lowest BCUT2D eigenvalue weighted by molar-refractivity contribution is -0.131. The molecule has 2 aromatic heterocycles. The molecule has 1 N–H and O–H groups in total. The lowest BCUT2D eigenvalue weighted by Crippen LogP contribution is -2.32. The van der Waals surface area contributed by atoms with Gasteiger partial charge in [-0.05, 0) is 37.3 Å². The molecule has 1 amide bonds. The van der Waals surface area contributed by atoms with Gasteiger partial charge in [-0.25, -0.2) is 4.98 Å². The summed E-state index contributed by atoms with van der Waals surface area (Å²) < 4.78 is 15.9. The summed E-state index contributed by atoms with van der Waals surface area (Å²) in [5.74, 6) is 2.24. The highest BCUT2D eigenvalue weighted by Crippen LogP contribution is 2.31. The van der Waals surface area contributed by atoms with Gasteiger partial charge in [-0.2, -0.15) is 4.98 Å². The Balaban J connectivity index is 1.41. The number of amides is 1. The average molecular weight is 463 g/mol. The molecule has 0 atom stereocenters. The number of rotatable bonds is 9. The molecule has 0 aliphatic heterocycles. The van der Waals surface area contributed by atoms with Gasteiger partial charge in [0.1, 0.15) is 5.82 Å². The second kappa shape index (κ2) is 10.2. The highest BCUT2D eigenvalue weighted by Gasteiger charge is 2.17. The fraction of sp³-hybridized carbons (Fsp3) is 0.292. The number of methoxy groups -OCH3 is 2. The van der Waals surface area contributed by atoms with E-state index < -0.39 is 0 Å². The first-order valence-corrected chi connectivity index (χ1v) is 10.8. The summed E-state index contributed by atoms with van der Waals surface area (Å²) in [5, 5.41) is 4.53. The topological polar surface area (TPSA) is 123 Å². The SMILES string of the molecule is CCN(Cc1nc2ccccc2c(=O)[nH]1)C(=O)CCc1nc(-c2ccc(OC)c(OC)c2)no1. The van der Waals surface area contributed by atoms with Gasteiger partial charge in [0, 0.05) is 24.9 Å². The van der Waals surface area contributed by atoms with Gasteiger partial charge in [0.05, 0.1) is 31.7 Å². The van der Waals surface area contributed by atoms with E-state index in [1.807, 2.05) is 13.0 Å². The number of aromatic amines is 1. The van der Waals surface area contributed by atoms with Gasteiger partial charge in [-0.15, -0.1) is 0 Å². The summed E-state index contributed by atoms with van der Waals surface area (Å²) in [6.45, 7) is 2.55. The van der Waals surface area contributed by atoms with E-state index in [9.17, 15) is 9.59 Å². The molecular formula is C24H25N5O5. The molecule has 0 aliphatic rings. The van der Waals surface area contributed by atoms with Crippen LogP contribution >= 0.6 is 0 Å². The van der Waals surface area contributed by atoms with Crippen LogP contribution in [0, 0.1) is 0 Å². The van der Waals surface area contributed by atoms with Crippen LogP contribution in [-0.4, -0.2) is 51.7 Å². The highest BCUT2D eigenvalue weighted by atomic mass is 16.5. The zero-order valence-electron chi connectivity index (χ0n) is 19.2. The maximum Gasteiger partial charge on any atom is 0.258 e. The van der Waals surface area contributed by atoms with Gasteiger partial charge < -0.3 is 23.9 Å². The van der Waals surface area contributed by atoms with Crippen LogP contribution in [0.3, 0.4) is 0 Å². The Morgan fingerprint density at radius 3 is 2.65 bits per heavy atom. The molecule has 4 aromatic rings. The van der Waals surface area contributed by atoms with Gasteiger partial charge in [0.25, 0.3) is 5.56 Å². The van der Waals surface area contributed by atoms with E-state index in [1.165, 1.54) is 0 Å². The summed E-state index contributed by atoms with van der Waals surface area (Å²) in [4.78, 5) is 38.4. The van der Waals surface area contributed by atoms with E-state index in [0.717, 1.165) is 0 Å². The molecule has 34 heavy (non-hydrogen) atoms. The van der Waals surface area contributed by atoms with Crippen LogP contribution in [0.1, 0.15) is 25.1 Å². The van der Waals surface area contributed by atoms with Crippen LogP contribution < -0.4 is 15.0 Å². The van der Waals surface area contributed by atoms with Gasteiger partial charge in [0.2, 0.25) is 17.6 Å². The van der Waals surface area contributed by atoms with Crippen LogP contribution in [-0.2, 0) is 17.8 Å². The van der Waals surface area contributed by atoms with Crippen molar-refractivity contribution in [2.75, 3.05) is 20.8 Å². The van der Waals surface area contributed by atoms with Gasteiger partial charge in [0.15, 0.2) is 11.5 Å². The first-order valence-electron chi connectivity index (χ1n) is 10.8. The molecule has 0 unspecified atom stereocenters. The van der Waals surface area contributed by atoms with Crippen molar-refractivity contribution in [2.45, 2.75) is 26.3 Å². The minimum atomic E-state index is -0.224. The van der Waals surface area contributed by atoms with Gasteiger partial charge in [-0.1, -0.05) is 17.3 Å². The summed E-state index contributed by atoms with van der Waals surface area (Å²) in [6, 6.07) is 12.4. The summed E-state index contributed by atoms with van der Waals surface area (Å²) in [5.41, 5.74) is 1.08. The Bertz CT molecular complexity index is 1360. The second-order valence-electron chi connectivity index (χ2n) is 7.52. The third kappa shape index (κ3) is 4.90. The molecule has 0 radical (unpaired) electrons. The predicted octanol–water partition coefficient (Wildman–Crippen LogP) is 2.97. The number of aryl methyl sites for hydroxylation is 1. The van der Waals surface area contributed by atoms with Crippen molar-refractivity contribution in [1.82, 2.24) is 25.0 Å². The van der Waals surface area contributed by atoms with Crippen molar-refractivity contribution >= 4 is 16.8 Å². The second-order valence-corrected chi connectivity index (χ2v) is 7.52.